The summed E-state index contributed by atoms with van der Waals surface area (Å²) >= 11 is 18.5. The van der Waals surface area contributed by atoms with Crippen molar-refractivity contribution in [3.63, 3.8) is 0 Å². The number of aryl methyl sites for hydroxylation is 2. The Morgan fingerprint density at radius 2 is 1.14 bits per heavy atom. The molecule has 5 N–H and O–H groups in total. The number of ether oxygens (including phenoxy) is 2. The average Bonchev–Trinajstić information content (AvgIpc) is 3.80. The Kier molecular flexibility index (Phi) is 17.7. The number of halogens is 3. The second-order valence-electron chi connectivity index (χ2n) is 18.7. The van der Waals surface area contributed by atoms with Crippen LogP contribution in [-0.2, 0) is 23.6 Å². The molecule has 2 amide bonds. The monoisotopic (exact) mass is 962 g/mol. The van der Waals surface area contributed by atoms with Gasteiger partial charge in [0, 0.05) is 83.6 Å². The van der Waals surface area contributed by atoms with Crippen LogP contribution in [0.25, 0.3) is 44.3 Å². The third-order valence-electron chi connectivity index (χ3n) is 11.0. The SMILES string of the molecule is C.CC(C)(C)OC(=O)N[C@H]1CCC[C@@H](N)C1.Cn1ccc2c(-c3nc(Cl)ncc3Cl)cccc21.Cn1ccc2c(-c3nc(N[C@@H]4CCC[C@H](NC(=O)OC(C)(C)C)C4)ncc3Cl)cccc21. The molecule has 0 spiro atoms. The molecule has 6 aromatic rings. The van der Waals surface area contributed by atoms with Gasteiger partial charge in [-0.1, -0.05) is 54.9 Å². The highest BCUT2D eigenvalue weighted by atomic mass is 35.5. The number of anilines is 1. The Balaban J connectivity index is 0.000000203. The molecule has 14 nitrogen and oxygen atoms in total. The van der Waals surface area contributed by atoms with Crippen LogP contribution in [0.4, 0.5) is 15.5 Å². The van der Waals surface area contributed by atoms with E-state index in [9.17, 15) is 9.59 Å². The third kappa shape index (κ3) is 14.4. The summed E-state index contributed by atoms with van der Waals surface area (Å²) in [6.07, 6.45) is 14.2. The van der Waals surface area contributed by atoms with Crippen LogP contribution in [0, 0.1) is 0 Å². The Labute approximate surface area is 403 Å². The fraction of sp³-hybridized carbons (Fsp3) is 0.469. The van der Waals surface area contributed by atoms with Gasteiger partial charge in [0.2, 0.25) is 11.2 Å². The summed E-state index contributed by atoms with van der Waals surface area (Å²) in [5, 5.41) is 12.7. The number of nitrogens with two attached hydrogens (primary N) is 1. The van der Waals surface area contributed by atoms with Gasteiger partial charge in [0.05, 0.1) is 33.8 Å². The predicted molar refractivity (Wildman–Crippen MR) is 268 cm³/mol. The van der Waals surface area contributed by atoms with Crippen molar-refractivity contribution in [2.45, 2.75) is 136 Å². The van der Waals surface area contributed by atoms with Gasteiger partial charge in [0.1, 0.15) is 11.2 Å². The number of benzene rings is 2. The molecule has 2 aliphatic rings. The molecule has 356 valence electrons. The maximum Gasteiger partial charge on any atom is 0.407 e. The minimum Gasteiger partial charge on any atom is -0.444 e. The van der Waals surface area contributed by atoms with Gasteiger partial charge < -0.3 is 40.3 Å². The van der Waals surface area contributed by atoms with E-state index in [4.69, 9.17) is 55.0 Å². The summed E-state index contributed by atoms with van der Waals surface area (Å²) in [6, 6.07) is 16.9. The lowest BCUT2D eigenvalue weighted by atomic mass is 9.91. The van der Waals surface area contributed by atoms with E-state index in [0.717, 1.165) is 84.3 Å². The summed E-state index contributed by atoms with van der Waals surface area (Å²) < 4.78 is 14.7. The lowest BCUT2D eigenvalue weighted by Crippen LogP contribution is -2.44. The third-order valence-corrected chi connectivity index (χ3v) is 11.7. The van der Waals surface area contributed by atoms with E-state index >= 15 is 0 Å². The van der Waals surface area contributed by atoms with Crippen molar-refractivity contribution in [3.05, 3.63) is 88.6 Å². The van der Waals surface area contributed by atoms with E-state index in [1.807, 2.05) is 98.4 Å². The van der Waals surface area contributed by atoms with Gasteiger partial charge in [0.25, 0.3) is 0 Å². The molecule has 0 unspecified atom stereocenters. The van der Waals surface area contributed by atoms with Gasteiger partial charge >= 0.3 is 12.2 Å². The van der Waals surface area contributed by atoms with Gasteiger partial charge in [0.15, 0.2) is 0 Å². The van der Waals surface area contributed by atoms with Gasteiger partial charge in [-0.2, -0.15) is 0 Å². The first-order valence-electron chi connectivity index (χ1n) is 22.0. The van der Waals surface area contributed by atoms with Crippen LogP contribution in [0.15, 0.2) is 73.3 Å². The molecule has 8 rings (SSSR count). The zero-order valence-corrected chi connectivity index (χ0v) is 40.7. The fourth-order valence-electron chi connectivity index (χ4n) is 8.12. The van der Waals surface area contributed by atoms with E-state index in [1.165, 1.54) is 6.20 Å². The smallest absolute Gasteiger partial charge is 0.407 e. The molecule has 2 aliphatic carbocycles. The number of alkyl carbamates (subject to hydrolysis) is 2. The van der Waals surface area contributed by atoms with Crippen LogP contribution in [0.2, 0.25) is 15.3 Å². The quantitative estimate of drug-likeness (QED) is 0.118. The Morgan fingerprint density at radius 3 is 1.65 bits per heavy atom. The highest BCUT2D eigenvalue weighted by Crippen LogP contribution is 2.34. The highest BCUT2D eigenvalue weighted by molar-refractivity contribution is 6.34. The number of amides is 2. The molecule has 4 aromatic heterocycles. The first-order chi connectivity index (χ1) is 30.7. The fourth-order valence-corrected chi connectivity index (χ4v) is 8.64. The Bertz CT molecular complexity index is 2580. The summed E-state index contributed by atoms with van der Waals surface area (Å²) in [4.78, 5) is 40.8. The number of carbonyl (C=O) groups is 2. The van der Waals surface area contributed by atoms with Crippen molar-refractivity contribution in [1.82, 2.24) is 39.7 Å². The summed E-state index contributed by atoms with van der Waals surface area (Å²) in [5.41, 5.74) is 10.4. The molecule has 0 bridgehead atoms. The van der Waals surface area contributed by atoms with Crippen LogP contribution in [0.5, 0.6) is 0 Å². The van der Waals surface area contributed by atoms with Crippen LogP contribution in [0.1, 0.15) is 100 Å². The van der Waals surface area contributed by atoms with Crippen LogP contribution in [0.3, 0.4) is 0 Å². The van der Waals surface area contributed by atoms with Crippen molar-refractivity contribution >= 4 is 74.7 Å². The largest absolute Gasteiger partial charge is 0.444 e. The van der Waals surface area contributed by atoms with Gasteiger partial charge in [-0.15, -0.1) is 0 Å². The molecule has 66 heavy (non-hydrogen) atoms. The molecular weight excluding hydrogens is 899 g/mol. The van der Waals surface area contributed by atoms with E-state index in [2.05, 4.69) is 58.2 Å². The van der Waals surface area contributed by atoms with Crippen LogP contribution in [-0.4, -0.2) is 76.6 Å². The molecule has 2 saturated carbocycles. The lowest BCUT2D eigenvalue weighted by Gasteiger charge is -2.31. The number of aromatic nitrogens is 6. The molecule has 4 heterocycles. The zero-order valence-electron chi connectivity index (χ0n) is 38.4. The molecular formula is C49H65Cl3N10O4. The zero-order chi connectivity index (χ0) is 47.1. The number of nitrogens with one attached hydrogen (secondary N) is 3. The van der Waals surface area contributed by atoms with Crippen molar-refractivity contribution < 1.29 is 19.1 Å². The average molecular weight is 964 g/mol. The normalized spacial score (nSPS) is 18.4. The Hall–Kier alpha value is -5.15. The topological polar surface area (TPSA) is 176 Å². The highest BCUT2D eigenvalue weighted by Gasteiger charge is 2.27. The molecule has 0 aliphatic heterocycles. The number of hydrogen-bond donors (Lipinski definition) is 4. The maximum absolute atomic E-state index is 12.1. The molecule has 2 aromatic carbocycles. The van der Waals surface area contributed by atoms with Crippen molar-refractivity contribution in [1.29, 1.82) is 0 Å². The number of carbonyl (C=O) groups excluding carboxylic acids is 2. The van der Waals surface area contributed by atoms with Gasteiger partial charge in [-0.05, 0) is 129 Å². The van der Waals surface area contributed by atoms with Crippen molar-refractivity contribution in [2.24, 2.45) is 19.8 Å². The summed E-state index contributed by atoms with van der Waals surface area (Å²) in [6.45, 7) is 11.2. The lowest BCUT2D eigenvalue weighted by molar-refractivity contribution is 0.0479. The molecule has 2 fully saturated rings. The molecule has 0 saturated heterocycles. The molecule has 0 radical (unpaired) electrons. The van der Waals surface area contributed by atoms with E-state index in [1.54, 1.807) is 6.20 Å². The van der Waals surface area contributed by atoms with Crippen molar-refractivity contribution in [2.75, 3.05) is 5.32 Å². The maximum atomic E-state index is 12.1. The van der Waals surface area contributed by atoms with Gasteiger partial charge in [-0.25, -0.2) is 29.5 Å². The van der Waals surface area contributed by atoms with Crippen LogP contribution < -0.4 is 21.7 Å². The Morgan fingerprint density at radius 1 is 0.667 bits per heavy atom. The summed E-state index contributed by atoms with van der Waals surface area (Å²) in [7, 11) is 4.02. The number of nitrogens with zero attached hydrogens (tertiary/aromatic N) is 6. The first kappa shape index (κ1) is 51.8. The van der Waals surface area contributed by atoms with E-state index < -0.39 is 11.2 Å². The van der Waals surface area contributed by atoms with Gasteiger partial charge in [-0.3, -0.25) is 0 Å². The summed E-state index contributed by atoms with van der Waals surface area (Å²) in [5.74, 6) is 0.542. The minimum atomic E-state index is -0.508. The van der Waals surface area contributed by atoms with E-state index in [0.29, 0.717) is 27.4 Å². The second kappa shape index (κ2) is 22.6. The number of fused-ring (bicyclic) bond motifs is 2. The predicted octanol–water partition coefficient (Wildman–Crippen LogP) is 11.9. The molecule has 4 atom stereocenters. The standard InChI is InChI=1S/C24H30ClN5O2.C13H9Cl2N3.C11H22N2O2.CH4/c1-24(2,3)32-23(31)28-16-8-5-7-15(13-16)27-22-26-14-19(25)21(29-22)18-9-6-10-20-17(18)11-12-30(20)4;1-18-6-5-8-9(3-2-4-11(8)18)12-10(14)7-16-13(15)17-12;1-11(2,3)15-10(14)13-9-6-4-5-8(12)7-9;/h6,9-12,14-16H,5,7-8,13H2,1-4H3,(H,28,31)(H,26,27,29);2-7H,1H3;8-9H,4-7,12H2,1-3H3,(H,13,14);1H4/t15-,16+;;8-,9+;/m1.1./s1. The van der Waals surface area contributed by atoms with E-state index in [-0.39, 0.29) is 49.1 Å². The molecule has 17 heteroatoms. The first-order valence-corrected chi connectivity index (χ1v) is 23.2. The van der Waals surface area contributed by atoms with Crippen LogP contribution >= 0.6 is 34.8 Å². The second-order valence-corrected chi connectivity index (χ2v) is 19.8. The number of hydrogen-bond acceptors (Lipinski definition) is 10. The minimum absolute atomic E-state index is 0. The number of rotatable bonds is 6. The van der Waals surface area contributed by atoms with Crippen molar-refractivity contribution in [3.8, 4) is 22.5 Å².